The second-order valence-electron chi connectivity index (χ2n) is 5.15. The molecule has 1 saturated heterocycles. The van der Waals surface area contributed by atoms with Crippen LogP contribution in [0.25, 0.3) is 5.82 Å². The summed E-state index contributed by atoms with van der Waals surface area (Å²) in [4.78, 5) is 18.0. The standard InChI is InChI=1S/C15H16ClN5OS/c1-11(16)10-23-15-19-18-13(9-20-8-4-6-14(20)22)21(15)12-5-2-3-7-17-12/h2-3,5,7H,1,4,6,8-10H2. The van der Waals surface area contributed by atoms with Crippen LogP contribution < -0.4 is 0 Å². The third kappa shape index (κ3) is 3.73. The van der Waals surface area contributed by atoms with Gasteiger partial charge in [-0.1, -0.05) is 36.0 Å². The van der Waals surface area contributed by atoms with E-state index >= 15 is 0 Å². The predicted octanol–water partition coefficient (Wildman–Crippen LogP) is 2.63. The zero-order valence-corrected chi connectivity index (χ0v) is 14.1. The van der Waals surface area contributed by atoms with Gasteiger partial charge in [-0.2, -0.15) is 0 Å². The molecule has 1 amide bonds. The Morgan fingerprint density at radius 2 is 2.26 bits per heavy atom. The number of nitrogens with zero attached hydrogens (tertiary/aromatic N) is 5. The minimum atomic E-state index is 0.156. The molecule has 1 aliphatic heterocycles. The molecule has 0 aliphatic carbocycles. The van der Waals surface area contributed by atoms with Crippen molar-refractivity contribution >= 4 is 29.3 Å². The number of rotatable bonds is 6. The first-order chi connectivity index (χ1) is 11.1. The predicted molar refractivity (Wildman–Crippen MR) is 89.5 cm³/mol. The average molecular weight is 350 g/mol. The fourth-order valence-corrected chi connectivity index (χ4v) is 3.27. The number of likely N-dealkylation sites (tertiary alicyclic amines) is 1. The second-order valence-corrected chi connectivity index (χ2v) is 6.62. The van der Waals surface area contributed by atoms with E-state index in [4.69, 9.17) is 11.6 Å². The Kier molecular flexibility index (Phi) is 4.97. The third-order valence-corrected chi connectivity index (χ3v) is 4.75. The first-order valence-corrected chi connectivity index (χ1v) is 8.61. The van der Waals surface area contributed by atoms with E-state index in [0.717, 1.165) is 18.8 Å². The minimum Gasteiger partial charge on any atom is -0.335 e. The number of hydrogen-bond acceptors (Lipinski definition) is 5. The molecule has 120 valence electrons. The maximum atomic E-state index is 11.9. The first-order valence-electron chi connectivity index (χ1n) is 7.24. The van der Waals surface area contributed by atoms with Gasteiger partial charge in [0, 0.05) is 29.9 Å². The average Bonchev–Trinajstić information content (AvgIpc) is 3.13. The second kappa shape index (κ2) is 7.14. The number of pyridine rings is 1. The van der Waals surface area contributed by atoms with E-state index in [1.807, 2.05) is 22.8 Å². The topological polar surface area (TPSA) is 63.9 Å². The normalized spacial score (nSPS) is 14.5. The summed E-state index contributed by atoms with van der Waals surface area (Å²) in [6.07, 6.45) is 3.21. The van der Waals surface area contributed by atoms with E-state index in [1.165, 1.54) is 11.8 Å². The summed E-state index contributed by atoms with van der Waals surface area (Å²) in [6.45, 7) is 4.89. The van der Waals surface area contributed by atoms with E-state index in [0.29, 0.717) is 34.7 Å². The van der Waals surface area contributed by atoms with Gasteiger partial charge in [-0.15, -0.1) is 10.2 Å². The minimum absolute atomic E-state index is 0.156. The lowest BCUT2D eigenvalue weighted by molar-refractivity contribution is -0.128. The van der Waals surface area contributed by atoms with Crippen molar-refractivity contribution in [3.05, 3.63) is 41.8 Å². The first kappa shape index (κ1) is 16.0. The highest BCUT2D eigenvalue weighted by molar-refractivity contribution is 7.99. The van der Waals surface area contributed by atoms with Crippen LogP contribution in [0.1, 0.15) is 18.7 Å². The lowest BCUT2D eigenvalue weighted by Gasteiger charge is -2.16. The number of halogens is 1. The fourth-order valence-electron chi connectivity index (χ4n) is 2.40. The van der Waals surface area contributed by atoms with Gasteiger partial charge < -0.3 is 4.90 Å². The van der Waals surface area contributed by atoms with Crippen molar-refractivity contribution in [2.45, 2.75) is 24.5 Å². The van der Waals surface area contributed by atoms with Crippen molar-refractivity contribution in [1.82, 2.24) is 24.6 Å². The lowest BCUT2D eigenvalue weighted by atomic mass is 10.4. The highest BCUT2D eigenvalue weighted by Gasteiger charge is 2.24. The van der Waals surface area contributed by atoms with Crippen LogP contribution in [0.15, 0.2) is 41.2 Å². The summed E-state index contributed by atoms with van der Waals surface area (Å²) < 4.78 is 1.87. The number of carbonyl (C=O) groups is 1. The molecule has 0 spiro atoms. The Balaban J connectivity index is 1.92. The molecule has 0 N–H and O–H groups in total. The molecule has 3 rings (SSSR count). The number of amides is 1. The van der Waals surface area contributed by atoms with Gasteiger partial charge in [0.25, 0.3) is 0 Å². The molecule has 1 aliphatic rings. The molecular weight excluding hydrogens is 334 g/mol. The largest absolute Gasteiger partial charge is 0.335 e. The molecule has 0 radical (unpaired) electrons. The molecule has 0 bridgehead atoms. The van der Waals surface area contributed by atoms with Gasteiger partial charge in [0.2, 0.25) is 5.91 Å². The van der Waals surface area contributed by atoms with Crippen LogP contribution in [-0.2, 0) is 11.3 Å². The van der Waals surface area contributed by atoms with Gasteiger partial charge in [-0.3, -0.25) is 9.36 Å². The zero-order chi connectivity index (χ0) is 16.2. The molecule has 0 unspecified atom stereocenters. The number of aromatic nitrogens is 4. The Bertz CT molecular complexity index is 718. The highest BCUT2D eigenvalue weighted by atomic mass is 35.5. The molecule has 23 heavy (non-hydrogen) atoms. The molecule has 0 saturated carbocycles. The van der Waals surface area contributed by atoms with E-state index < -0.39 is 0 Å². The number of thioether (sulfide) groups is 1. The summed E-state index contributed by atoms with van der Waals surface area (Å²) in [7, 11) is 0. The van der Waals surface area contributed by atoms with E-state index in [9.17, 15) is 4.79 Å². The molecule has 3 heterocycles. The van der Waals surface area contributed by atoms with E-state index in [1.54, 1.807) is 11.1 Å². The Morgan fingerprint density at radius 1 is 1.39 bits per heavy atom. The Hall–Kier alpha value is -1.86. The maximum Gasteiger partial charge on any atom is 0.223 e. The third-order valence-electron chi connectivity index (χ3n) is 3.44. The number of hydrogen-bond donors (Lipinski definition) is 0. The lowest BCUT2D eigenvalue weighted by Crippen LogP contribution is -2.25. The fraction of sp³-hybridized carbons (Fsp3) is 0.333. The summed E-state index contributed by atoms with van der Waals surface area (Å²) in [5.41, 5.74) is 0. The van der Waals surface area contributed by atoms with Gasteiger partial charge in [0.1, 0.15) is 5.82 Å². The summed E-state index contributed by atoms with van der Waals surface area (Å²) >= 11 is 7.29. The van der Waals surface area contributed by atoms with Gasteiger partial charge in [0.15, 0.2) is 11.0 Å². The molecule has 2 aromatic heterocycles. The van der Waals surface area contributed by atoms with E-state index in [2.05, 4.69) is 21.8 Å². The van der Waals surface area contributed by atoms with Crippen LogP contribution in [-0.4, -0.2) is 42.9 Å². The highest BCUT2D eigenvalue weighted by Crippen LogP contribution is 2.24. The molecule has 0 aromatic carbocycles. The van der Waals surface area contributed by atoms with E-state index in [-0.39, 0.29) is 5.91 Å². The van der Waals surface area contributed by atoms with Crippen LogP contribution in [0.5, 0.6) is 0 Å². The quantitative estimate of drug-likeness (QED) is 0.750. The van der Waals surface area contributed by atoms with Gasteiger partial charge in [-0.25, -0.2) is 4.98 Å². The van der Waals surface area contributed by atoms with Crippen molar-refractivity contribution in [1.29, 1.82) is 0 Å². The van der Waals surface area contributed by atoms with Crippen molar-refractivity contribution < 1.29 is 4.79 Å². The maximum absolute atomic E-state index is 11.9. The van der Waals surface area contributed by atoms with Crippen molar-refractivity contribution in [2.24, 2.45) is 0 Å². The molecule has 0 atom stereocenters. The summed E-state index contributed by atoms with van der Waals surface area (Å²) in [6, 6.07) is 5.64. The van der Waals surface area contributed by atoms with Crippen LogP contribution in [0.2, 0.25) is 0 Å². The van der Waals surface area contributed by atoms with Crippen molar-refractivity contribution in [3.8, 4) is 5.82 Å². The smallest absolute Gasteiger partial charge is 0.223 e. The van der Waals surface area contributed by atoms with Gasteiger partial charge >= 0.3 is 0 Å². The van der Waals surface area contributed by atoms with Crippen LogP contribution in [0, 0.1) is 0 Å². The van der Waals surface area contributed by atoms with Crippen LogP contribution >= 0.6 is 23.4 Å². The molecular formula is C15H16ClN5OS. The SMILES string of the molecule is C=C(Cl)CSc1nnc(CN2CCCC2=O)n1-c1ccccn1. The van der Waals surface area contributed by atoms with Crippen LogP contribution in [0.3, 0.4) is 0 Å². The zero-order valence-electron chi connectivity index (χ0n) is 12.5. The Morgan fingerprint density at radius 3 is 2.91 bits per heavy atom. The summed E-state index contributed by atoms with van der Waals surface area (Å²) in [5.74, 6) is 2.11. The van der Waals surface area contributed by atoms with Gasteiger partial charge in [-0.05, 0) is 18.6 Å². The summed E-state index contributed by atoms with van der Waals surface area (Å²) in [5, 5.41) is 9.71. The Labute approximate surface area is 143 Å². The van der Waals surface area contributed by atoms with Crippen LogP contribution in [0.4, 0.5) is 0 Å². The van der Waals surface area contributed by atoms with Crippen molar-refractivity contribution in [3.63, 3.8) is 0 Å². The molecule has 1 fully saturated rings. The molecule has 8 heteroatoms. The number of carbonyl (C=O) groups excluding carboxylic acids is 1. The van der Waals surface area contributed by atoms with Crippen molar-refractivity contribution in [2.75, 3.05) is 12.3 Å². The molecule has 2 aromatic rings. The molecule has 6 nitrogen and oxygen atoms in total. The monoisotopic (exact) mass is 349 g/mol. The van der Waals surface area contributed by atoms with Gasteiger partial charge in [0.05, 0.1) is 6.54 Å².